The zero-order valence-electron chi connectivity index (χ0n) is 14.5. The van der Waals surface area contributed by atoms with Crippen LogP contribution in [0.4, 0.5) is 10.7 Å². The molecule has 1 aromatic heterocycles. The van der Waals surface area contributed by atoms with Crippen LogP contribution in [0.3, 0.4) is 0 Å². The molecule has 8 heteroatoms. The van der Waals surface area contributed by atoms with E-state index in [0.29, 0.717) is 16.3 Å². The first-order valence-electron chi connectivity index (χ1n) is 7.99. The monoisotopic (exact) mass is 399 g/mol. The maximum atomic E-state index is 12.1. The molecule has 6 nitrogen and oxygen atoms in total. The maximum absolute atomic E-state index is 12.1. The van der Waals surface area contributed by atoms with Gasteiger partial charge in [-0.2, -0.15) is 0 Å². The van der Waals surface area contributed by atoms with Gasteiger partial charge in [0.25, 0.3) is 0 Å². The number of esters is 1. The minimum Gasteiger partial charge on any atom is -0.465 e. The second kappa shape index (κ2) is 8.70. The molecule has 1 amide bonds. The molecule has 2 aromatic carbocycles. The Morgan fingerprint density at radius 3 is 2.52 bits per heavy atom. The third-order valence-corrected chi connectivity index (χ3v) is 5.62. The van der Waals surface area contributed by atoms with Gasteiger partial charge in [-0.3, -0.25) is 4.79 Å². The van der Waals surface area contributed by atoms with Crippen molar-refractivity contribution >= 4 is 45.7 Å². The van der Waals surface area contributed by atoms with E-state index in [1.165, 1.54) is 30.2 Å². The lowest BCUT2D eigenvalue weighted by molar-refractivity contribution is -0.113. The number of hydrogen-bond donors (Lipinski definition) is 2. The van der Waals surface area contributed by atoms with Gasteiger partial charge in [-0.25, -0.2) is 9.78 Å². The van der Waals surface area contributed by atoms with E-state index < -0.39 is 5.97 Å². The van der Waals surface area contributed by atoms with E-state index in [4.69, 9.17) is 5.73 Å². The number of thioether (sulfide) groups is 1. The average Bonchev–Trinajstić information content (AvgIpc) is 3.07. The highest BCUT2D eigenvalue weighted by molar-refractivity contribution is 8.01. The summed E-state index contributed by atoms with van der Waals surface area (Å²) in [6.07, 6.45) is 0. The number of aromatic nitrogens is 1. The Hall–Kier alpha value is -2.84. The largest absolute Gasteiger partial charge is 0.465 e. The number of nitrogens with two attached hydrogens (primary N) is 1. The summed E-state index contributed by atoms with van der Waals surface area (Å²) in [6.45, 7) is 0. The number of anilines is 2. The van der Waals surface area contributed by atoms with Gasteiger partial charge in [0.2, 0.25) is 5.91 Å². The van der Waals surface area contributed by atoms with E-state index in [1.54, 1.807) is 24.3 Å². The number of carbonyl (C=O) groups is 2. The number of nitrogens with one attached hydrogen (secondary N) is 1. The van der Waals surface area contributed by atoms with Crippen LogP contribution in [0.5, 0.6) is 0 Å². The minimum atomic E-state index is -0.418. The molecule has 1 heterocycles. The molecule has 27 heavy (non-hydrogen) atoms. The molecule has 0 saturated carbocycles. The van der Waals surface area contributed by atoms with E-state index in [1.807, 2.05) is 30.3 Å². The standard InChI is InChI=1S/C19H17N3O3S2/c1-25-18(24)13-7-9-14(10-8-13)21-15(23)11-26-19-22-16(17(20)27-19)12-5-3-2-4-6-12/h2-10H,11,20H2,1H3,(H,21,23). The number of methoxy groups -OCH3 is 1. The zero-order valence-corrected chi connectivity index (χ0v) is 16.1. The average molecular weight is 399 g/mol. The SMILES string of the molecule is COC(=O)c1ccc(NC(=O)CSc2nc(-c3ccccc3)c(N)s2)cc1. The Balaban J connectivity index is 1.57. The Kier molecular flexibility index (Phi) is 6.10. The first kappa shape index (κ1) is 18.9. The molecule has 0 aliphatic heterocycles. The van der Waals surface area contributed by atoms with Gasteiger partial charge in [-0.05, 0) is 24.3 Å². The van der Waals surface area contributed by atoms with Crippen LogP contribution in [0.2, 0.25) is 0 Å². The molecule has 0 saturated heterocycles. The summed E-state index contributed by atoms with van der Waals surface area (Å²) in [7, 11) is 1.32. The lowest BCUT2D eigenvalue weighted by Crippen LogP contribution is -2.14. The van der Waals surface area contributed by atoms with E-state index in [0.717, 1.165) is 15.6 Å². The summed E-state index contributed by atoms with van der Waals surface area (Å²) in [5.41, 5.74) is 8.78. The first-order valence-corrected chi connectivity index (χ1v) is 9.80. The number of benzene rings is 2. The Bertz CT molecular complexity index is 941. The number of nitrogens with zero attached hydrogens (tertiary/aromatic N) is 1. The van der Waals surface area contributed by atoms with Gasteiger partial charge in [0.05, 0.1) is 18.4 Å². The van der Waals surface area contributed by atoms with E-state index >= 15 is 0 Å². The quantitative estimate of drug-likeness (QED) is 0.482. The number of amides is 1. The normalized spacial score (nSPS) is 10.4. The molecular weight excluding hydrogens is 382 g/mol. The molecule has 0 aliphatic carbocycles. The van der Waals surface area contributed by atoms with Crippen molar-refractivity contribution in [3.8, 4) is 11.3 Å². The molecule has 0 atom stereocenters. The molecule has 3 rings (SSSR count). The van der Waals surface area contributed by atoms with Gasteiger partial charge in [0, 0.05) is 11.3 Å². The van der Waals surface area contributed by atoms with Crippen LogP contribution >= 0.6 is 23.1 Å². The van der Waals surface area contributed by atoms with Gasteiger partial charge in [0.1, 0.15) is 10.7 Å². The number of thiazole rings is 1. The molecule has 0 radical (unpaired) electrons. The van der Waals surface area contributed by atoms with Crippen molar-refractivity contribution in [2.24, 2.45) is 0 Å². The molecule has 138 valence electrons. The highest BCUT2D eigenvalue weighted by Crippen LogP contribution is 2.35. The third kappa shape index (κ3) is 4.87. The highest BCUT2D eigenvalue weighted by Gasteiger charge is 2.13. The van der Waals surface area contributed by atoms with Gasteiger partial charge < -0.3 is 15.8 Å². The second-order valence-electron chi connectivity index (χ2n) is 5.46. The number of hydrogen-bond acceptors (Lipinski definition) is 7. The number of rotatable bonds is 6. The number of carbonyl (C=O) groups excluding carboxylic acids is 2. The van der Waals surface area contributed by atoms with Crippen molar-refractivity contribution in [2.45, 2.75) is 4.34 Å². The van der Waals surface area contributed by atoms with Crippen molar-refractivity contribution in [1.29, 1.82) is 0 Å². The Morgan fingerprint density at radius 2 is 1.85 bits per heavy atom. The van der Waals surface area contributed by atoms with E-state index in [-0.39, 0.29) is 11.7 Å². The van der Waals surface area contributed by atoms with Gasteiger partial charge in [-0.1, -0.05) is 53.4 Å². The highest BCUT2D eigenvalue weighted by atomic mass is 32.2. The van der Waals surface area contributed by atoms with Crippen molar-refractivity contribution in [3.05, 3.63) is 60.2 Å². The van der Waals surface area contributed by atoms with Crippen LogP contribution in [0.25, 0.3) is 11.3 Å². The van der Waals surface area contributed by atoms with Crippen LogP contribution in [0.15, 0.2) is 58.9 Å². The van der Waals surface area contributed by atoms with Crippen LogP contribution in [0.1, 0.15) is 10.4 Å². The van der Waals surface area contributed by atoms with Crippen molar-refractivity contribution in [2.75, 3.05) is 23.9 Å². The van der Waals surface area contributed by atoms with E-state index in [2.05, 4.69) is 15.0 Å². The molecule has 0 unspecified atom stereocenters. The first-order chi connectivity index (χ1) is 13.1. The lowest BCUT2D eigenvalue weighted by Gasteiger charge is -2.05. The second-order valence-corrected chi connectivity index (χ2v) is 7.72. The topological polar surface area (TPSA) is 94.3 Å². The summed E-state index contributed by atoms with van der Waals surface area (Å²) in [5.74, 6) is -0.375. The van der Waals surface area contributed by atoms with Crippen LogP contribution in [-0.2, 0) is 9.53 Å². The Labute approximate surface area is 164 Å². The molecular formula is C19H17N3O3S2. The predicted molar refractivity (Wildman–Crippen MR) is 109 cm³/mol. The molecule has 3 N–H and O–H groups in total. The molecule has 0 spiro atoms. The van der Waals surface area contributed by atoms with Gasteiger partial charge >= 0.3 is 5.97 Å². The zero-order chi connectivity index (χ0) is 19.2. The molecule has 0 fully saturated rings. The van der Waals surface area contributed by atoms with Gasteiger partial charge in [0.15, 0.2) is 4.34 Å². The fourth-order valence-corrected chi connectivity index (χ4v) is 4.06. The van der Waals surface area contributed by atoms with Gasteiger partial charge in [-0.15, -0.1) is 0 Å². The maximum Gasteiger partial charge on any atom is 0.337 e. The molecule has 3 aromatic rings. The van der Waals surface area contributed by atoms with Crippen LogP contribution in [-0.4, -0.2) is 29.7 Å². The molecule has 0 aliphatic rings. The Morgan fingerprint density at radius 1 is 1.15 bits per heavy atom. The van der Waals surface area contributed by atoms with Crippen LogP contribution < -0.4 is 11.1 Å². The van der Waals surface area contributed by atoms with Crippen molar-refractivity contribution in [1.82, 2.24) is 4.98 Å². The van der Waals surface area contributed by atoms with E-state index in [9.17, 15) is 9.59 Å². The van der Waals surface area contributed by atoms with Crippen LogP contribution in [0, 0.1) is 0 Å². The lowest BCUT2D eigenvalue weighted by atomic mass is 10.2. The summed E-state index contributed by atoms with van der Waals surface area (Å²) >= 11 is 2.69. The number of ether oxygens (including phenoxy) is 1. The predicted octanol–water partition coefficient (Wildman–Crippen LogP) is 3.91. The third-order valence-electron chi connectivity index (χ3n) is 3.60. The fraction of sp³-hybridized carbons (Fsp3) is 0.105. The smallest absolute Gasteiger partial charge is 0.337 e. The summed E-state index contributed by atoms with van der Waals surface area (Å²) in [4.78, 5) is 28.1. The molecule has 0 bridgehead atoms. The fourth-order valence-electron chi connectivity index (χ4n) is 2.31. The summed E-state index contributed by atoms with van der Waals surface area (Å²) in [6, 6.07) is 16.2. The van der Waals surface area contributed by atoms with Crippen molar-refractivity contribution < 1.29 is 14.3 Å². The summed E-state index contributed by atoms with van der Waals surface area (Å²) in [5, 5.41) is 3.41. The number of nitrogen functional groups attached to an aromatic ring is 1. The minimum absolute atomic E-state index is 0.166. The van der Waals surface area contributed by atoms with Crippen molar-refractivity contribution in [3.63, 3.8) is 0 Å². The summed E-state index contributed by atoms with van der Waals surface area (Å²) < 4.78 is 5.38.